The molecule has 1 aromatic carbocycles. The van der Waals surface area contributed by atoms with Crippen LogP contribution in [0.25, 0.3) is 27.8 Å². The summed E-state index contributed by atoms with van der Waals surface area (Å²) in [5.41, 5.74) is 7.84. The van der Waals surface area contributed by atoms with Gasteiger partial charge in [-0.05, 0) is 79.9 Å². The first-order chi connectivity index (χ1) is 19.5. The number of nitrogens with one attached hydrogen (secondary N) is 1. The fourth-order valence-electron chi connectivity index (χ4n) is 6.77. The third-order valence-corrected chi connectivity index (χ3v) is 8.81. The molecule has 0 radical (unpaired) electrons. The topological polar surface area (TPSA) is 99.0 Å². The number of hydrogen-bond acceptors (Lipinski definition) is 6. The van der Waals surface area contributed by atoms with Gasteiger partial charge in [-0.3, -0.25) is 9.69 Å². The van der Waals surface area contributed by atoms with Crippen LogP contribution in [0.15, 0.2) is 36.8 Å². The highest BCUT2D eigenvalue weighted by Crippen LogP contribution is 2.38. The molecule has 2 N–H and O–H groups in total. The summed E-state index contributed by atoms with van der Waals surface area (Å²) >= 11 is 0. The molecule has 0 bridgehead atoms. The van der Waals surface area contributed by atoms with Gasteiger partial charge in [0.15, 0.2) is 5.65 Å². The van der Waals surface area contributed by atoms with Crippen LogP contribution in [0.4, 0.5) is 0 Å². The number of ether oxygens (including phenoxy) is 1. The van der Waals surface area contributed by atoms with Crippen molar-refractivity contribution in [1.29, 1.82) is 0 Å². The number of H-pyrrole nitrogens is 1. The Morgan fingerprint density at radius 2 is 2.00 bits per heavy atom. The second-order valence-corrected chi connectivity index (χ2v) is 11.7. The molecule has 0 saturated carbocycles. The largest absolute Gasteiger partial charge is 0.394 e. The Labute approximate surface area is 235 Å². The summed E-state index contributed by atoms with van der Waals surface area (Å²) in [6.45, 7) is 8.12. The summed E-state index contributed by atoms with van der Waals surface area (Å²) in [6, 6.07) is 9.04. The van der Waals surface area contributed by atoms with E-state index in [0.29, 0.717) is 25.0 Å². The number of benzene rings is 1. The number of aromatic amines is 1. The molecular formula is C31H40N6O3. The maximum Gasteiger partial charge on any atom is 0.237 e. The lowest BCUT2D eigenvalue weighted by atomic mass is 9.87. The number of rotatable bonds is 8. The number of carbonyl (C=O) groups excluding carboxylic acids is 1. The van der Waals surface area contributed by atoms with Crippen LogP contribution in [0.3, 0.4) is 0 Å². The molecule has 9 nitrogen and oxygen atoms in total. The van der Waals surface area contributed by atoms with Crippen molar-refractivity contribution in [2.45, 2.75) is 64.0 Å². The average Bonchev–Trinajstić information content (AvgIpc) is 3.71. The smallest absolute Gasteiger partial charge is 0.237 e. The SMILES string of the molecule is COCc1cc(-c2[nH]c3ccc(C4CCN(CC(=O)N5CCC[C@H]5CO)CC4)cc3c2C(C)C)cn2ncnc12. The summed E-state index contributed by atoms with van der Waals surface area (Å²) < 4.78 is 7.28. The zero-order chi connectivity index (χ0) is 27.8. The van der Waals surface area contributed by atoms with Gasteiger partial charge in [0.05, 0.1) is 31.5 Å². The number of likely N-dealkylation sites (tertiary alicyclic amines) is 2. The van der Waals surface area contributed by atoms with Gasteiger partial charge in [-0.15, -0.1) is 0 Å². The Hall–Kier alpha value is -3.27. The second kappa shape index (κ2) is 11.3. The average molecular weight is 545 g/mol. The molecule has 1 atom stereocenters. The number of nitrogens with zero attached hydrogens (tertiary/aromatic N) is 5. The second-order valence-electron chi connectivity index (χ2n) is 11.7. The van der Waals surface area contributed by atoms with E-state index in [0.717, 1.165) is 73.3 Å². The maximum absolute atomic E-state index is 12.9. The first kappa shape index (κ1) is 26.9. The van der Waals surface area contributed by atoms with Crippen LogP contribution >= 0.6 is 0 Å². The normalized spacial score (nSPS) is 19.0. The van der Waals surface area contributed by atoms with Gasteiger partial charge in [0.2, 0.25) is 5.91 Å². The van der Waals surface area contributed by atoms with Crippen molar-refractivity contribution in [1.82, 2.24) is 29.4 Å². The van der Waals surface area contributed by atoms with Crippen LogP contribution in [0, 0.1) is 0 Å². The Morgan fingerprint density at radius 1 is 1.18 bits per heavy atom. The lowest BCUT2D eigenvalue weighted by molar-refractivity contribution is -0.134. The molecule has 40 heavy (non-hydrogen) atoms. The highest BCUT2D eigenvalue weighted by atomic mass is 16.5. The van der Waals surface area contributed by atoms with Gasteiger partial charge in [-0.2, -0.15) is 5.10 Å². The molecule has 0 aliphatic carbocycles. The number of aliphatic hydroxyl groups is 1. The van der Waals surface area contributed by atoms with Crippen molar-refractivity contribution in [3.63, 3.8) is 0 Å². The van der Waals surface area contributed by atoms with Crippen LogP contribution < -0.4 is 0 Å². The fourth-order valence-corrected chi connectivity index (χ4v) is 6.77. The summed E-state index contributed by atoms with van der Waals surface area (Å²) in [7, 11) is 1.70. The molecule has 212 valence electrons. The molecule has 9 heteroatoms. The number of pyridine rings is 1. The van der Waals surface area contributed by atoms with Crippen LogP contribution in [0.1, 0.15) is 68.1 Å². The number of aliphatic hydroxyl groups excluding tert-OH is 1. The Balaban J connectivity index is 1.23. The molecular weight excluding hydrogens is 504 g/mol. The molecule has 2 aliphatic heterocycles. The number of aromatic nitrogens is 4. The third-order valence-electron chi connectivity index (χ3n) is 8.81. The summed E-state index contributed by atoms with van der Waals surface area (Å²) in [5, 5.41) is 15.3. The molecule has 2 aliphatic rings. The minimum Gasteiger partial charge on any atom is -0.394 e. The molecule has 0 unspecified atom stereocenters. The number of methoxy groups -OCH3 is 1. The van der Waals surface area contributed by atoms with Crippen molar-refractivity contribution in [2.24, 2.45) is 0 Å². The predicted molar refractivity (Wildman–Crippen MR) is 155 cm³/mol. The Morgan fingerprint density at radius 3 is 2.75 bits per heavy atom. The van der Waals surface area contributed by atoms with Gasteiger partial charge >= 0.3 is 0 Å². The van der Waals surface area contributed by atoms with Crippen LogP contribution in [0.5, 0.6) is 0 Å². The van der Waals surface area contributed by atoms with Crippen molar-refractivity contribution >= 4 is 22.5 Å². The number of hydrogen-bond donors (Lipinski definition) is 2. The molecule has 6 rings (SSSR count). The van der Waals surface area contributed by atoms with Gasteiger partial charge in [0.25, 0.3) is 0 Å². The van der Waals surface area contributed by atoms with Gasteiger partial charge < -0.3 is 19.7 Å². The highest BCUT2D eigenvalue weighted by Gasteiger charge is 2.30. The first-order valence-corrected chi connectivity index (χ1v) is 14.6. The standard InChI is InChI=1S/C31H40N6O3/c1-20(2)29-26-14-22(21-8-11-35(12-9-21)16-28(39)36-10-4-5-25(36)17-38)6-7-27(26)34-30(29)23-13-24(18-40-3)31-32-19-33-37(31)15-23/h6-7,13-15,19-21,25,34,38H,4-5,8-12,16-18H2,1-3H3/t25-/m0/s1. The van der Waals surface area contributed by atoms with Crippen molar-refractivity contribution < 1.29 is 14.6 Å². The van der Waals surface area contributed by atoms with Gasteiger partial charge in [0, 0.05) is 41.9 Å². The molecule has 0 spiro atoms. The molecule has 4 aromatic rings. The van der Waals surface area contributed by atoms with E-state index >= 15 is 0 Å². The van der Waals surface area contributed by atoms with E-state index in [9.17, 15) is 9.90 Å². The van der Waals surface area contributed by atoms with Gasteiger partial charge in [-0.1, -0.05) is 19.9 Å². The zero-order valence-electron chi connectivity index (χ0n) is 23.8. The third kappa shape index (κ3) is 5.02. The van der Waals surface area contributed by atoms with E-state index in [2.05, 4.69) is 58.1 Å². The van der Waals surface area contributed by atoms with Crippen molar-refractivity contribution in [2.75, 3.05) is 39.9 Å². The molecule has 1 amide bonds. The van der Waals surface area contributed by atoms with Gasteiger partial charge in [-0.25, -0.2) is 9.50 Å². The van der Waals surface area contributed by atoms with Crippen LogP contribution in [0.2, 0.25) is 0 Å². The van der Waals surface area contributed by atoms with Crippen LogP contribution in [-0.2, 0) is 16.1 Å². The fraction of sp³-hybridized carbons (Fsp3) is 0.516. The zero-order valence-corrected chi connectivity index (χ0v) is 23.8. The quantitative estimate of drug-likeness (QED) is 0.343. The summed E-state index contributed by atoms with van der Waals surface area (Å²) in [4.78, 5) is 25.2. The molecule has 2 fully saturated rings. The lowest BCUT2D eigenvalue weighted by Crippen LogP contribution is -2.45. The number of amides is 1. The number of carbonyl (C=O) groups is 1. The minimum atomic E-state index is 0.00264. The van der Waals surface area contributed by atoms with Gasteiger partial charge in [0.1, 0.15) is 6.33 Å². The predicted octanol–water partition coefficient (Wildman–Crippen LogP) is 4.31. The molecule has 3 aromatic heterocycles. The van der Waals surface area contributed by atoms with E-state index in [1.807, 2.05) is 15.6 Å². The minimum absolute atomic E-state index is 0.00264. The van der Waals surface area contributed by atoms with E-state index in [4.69, 9.17) is 4.74 Å². The number of fused-ring (bicyclic) bond motifs is 2. The summed E-state index contributed by atoms with van der Waals surface area (Å²) in [5.74, 6) is 0.971. The molecule has 5 heterocycles. The number of piperidine rings is 1. The Bertz CT molecular complexity index is 1500. The van der Waals surface area contributed by atoms with Crippen LogP contribution in [-0.4, -0.2) is 86.3 Å². The van der Waals surface area contributed by atoms with E-state index in [-0.39, 0.29) is 18.6 Å². The first-order valence-electron chi connectivity index (χ1n) is 14.6. The van der Waals surface area contributed by atoms with E-state index in [1.165, 1.54) is 16.5 Å². The monoisotopic (exact) mass is 544 g/mol. The Kier molecular flexibility index (Phi) is 7.61. The summed E-state index contributed by atoms with van der Waals surface area (Å²) in [6.07, 6.45) is 7.61. The van der Waals surface area contributed by atoms with Crippen molar-refractivity contribution in [3.8, 4) is 11.3 Å². The maximum atomic E-state index is 12.9. The van der Waals surface area contributed by atoms with E-state index in [1.54, 1.807) is 13.4 Å². The lowest BCUT2D eigenvalue weighted by Gasteiger charge is -2.33. The molecule has 2 saturated heterocycles. The highest BCUT2D eigenvalue weighted by molar-refractivity contribution is 5.92. The van der Waals surface area contributed by atoms with E-state index < -0.39 is 0 Å². The van der Waals surface area contributed by atoms with Crippen molar-refractivity contribution in [3.05, 3.63) is 53.5 Å².